The van der Waals surface area contributed by atoms with Crippen molar-refractivity contribution in [2.75, 3.05) is 0 Å². The van der Waals surface area contributed by atoms with Crippen LogP contribution >= 0.6 is 11.6 Å². The fourth-order valence-corrected chi connectivity index (χ4v) is 2.33. The first-order chi connectivity index (χ1) is 9.95. The van der Waals surface area contributed by atoms with Gasteiger partial charge in [-0.1, -0.05) is 24.4 Å². The van der Waals surface area contributed by atoms with Crippen molar-refractivity contribution in [1.29, 1.82) is 0 Å². The van der Waals surface area contributed by atoms with Crippen LogP contribution in [0, 0.1) is 10.1 Å². The van der Waals surface area contributed by atoms with Crippen molar-refractivity contribution in [3.8, 4) is 0 Å². The first-order valence-electron chi connectivity index (χ1n) is 6.59. The van der Waals surface area contributed by atoms with Crippen LogP contribution in [0.5, 0.6) is 0 Å². The number of nitrogens with zero attached hydrogens (tertiary/aromatic N) is 1. The molecule has 0 fully saturated rings. The van der Waals surface area contributed by atoms with Crippen LogP contribution in [0.4, 0.5) is 5.69 Å². The number of aldehydes is 1. The van der Waals surface area contributed by atoms with Crippen LogP contribution in [-0.4, -0.2) is 22.3 Å². The fraction of sp³-hybridized carbons (Fsp3) is 0.429. The summed E-state index contributed by atoms with van der Waals surface area (Å²) in [6.45, 7) is 0. The summed E-state index contributed by atoms with van der Waals surface area (Å²) in [6.07, 6.45) is 4.01. The molecule has 114 valence electrons. The number of carbonyl (C=O) groups is 2. The lowest BCUT2D eigenvalue weighted by Gasteiger charge is -2.06. The summed E-state index contributed by atoms with van der Waals surface area (Å²) in [4.78, 5) is 31.7. The van der Waals surface area contributed by atoms with Crippen molar-refractivity contribution in [3.05, 3.63) is 38.4 Å². The molecular formula is C14H16ClNO5. The summed E-state index contributed by atoms with van der Waals surface area (Å²) in [5.74, 6) is -0.816. The van der Waals surface area contributed by atoms with Crippen LogP contribution in [0.1, 0.15) is 48.0 Å². The van der Waals surface area contributed by atoms with Crippen LogP contribution in [0.2, 0.25) is 5.02 Å². The highest BCUT2D eigenvalue weighted by Gasteiger charge is 2.18. The summed E-state index contributed by atoms with van der Waals surface area (Å²) in [5, 5.41) is 19.6. The van der Waals surface area contributed by atoms with E-state index >= 15 is 0 Å². The Balaban J connectivity index is 2.64. The minimum atomic E-state index is -0.816. The molecule has 1 rings (SSSR count). The van der Waals surface area contributed by atoms with Crippen LogP contribution in [-0.2, 0) is 11.2 Å². The second-order valence-electron chi connectivity index (χ2n) is 4.68. The number of halogens is 1. The predicted octanol–water partition coefficient (Wildman–Crippen LogP) is 3.64. The van der Waals surface area contributed by atoms with Crippen molar-refractivity contribution in [3.63, 3.8) is 0 Å². The molecule has 1 N–H and O–H groups in total. The zero-order valence-corrected chi connectivity index (χ0v) is 12.1. The minimum Gasteiger partial charge on any atom is -0.481 e. The molecule has 21 heavy (non-hydrogen) atoms. The summed E-state index contributed by atoms with van der Waals surface area (Å²) in [6, 6.07) is 2.73. The maximum atomic E-state index is 11.1. The fourth-order valence-electron chi connectivity index (χ4n) is 2.10. The van der Waals surface area contributed by atoms with E-state index < -0.39 is 10.9 Å². The number of nitro benzene ring substituents is 1. The molecule has 0 aromatic heterocycles. The average molecular weight is 314 g/mol. The van der Waals surface area contributed by atoms with Gasteiger partial charge >= 0.3 is 5.97 Å². The van der Waals surface area contributed by atoms with E-state index in [0.717, 1.165) is 19.3 Å². The van der Waals surface area contributed by atoms with Crippen molar-refractivity contribution in [2.45, 2.75) is 38.5 Å². The number of nitro groups is 1. The number of hydrogen-bond donors (Lipinski definition) is 1. The maximum absolute atomic E-state index is 11.1. The molecule has 0 bridgehead atoms. The molecule has 0 heterocycles. The third-order valence-electron chi connectivity index (χ3n) is 3.11. The van der Waals surface area contributed by atoms with Gasteiger partial charge in [0, 0.05) is 17.5 Å². The van der Waals surface area contributed by atoms with Crippen molar-refractivity contribution in [1.82, 2.24) is 0 Å². The Labute approximate surface area is 126 Å². The molecule has 1 aromatic rings. The van der Waals surface area contributed by atoms with Gasteiger partial charge in [0.05, 0.1) is 10.5 Å². The lowest BCUT2D eigenvalue weighted by atomic mass is 10.00. The predicted molar refractivity (Wildman–Crippen MR) is 77.9 cm³/mol. The topological polar surface area (TPSA) is 97.5 Å². The van der Waals surface area contributed by atoms with Crippen LogP contribution in [0.25, 0.3) is 0 Å². The number of benzene rings is 1. The first-order valence-corrected chi connectivity index (χ1v) is 6.97. The largest absolute Gasteiger partial charge is 0.481 e. The highest BCUT2D eigenvalue weighted by molar-refractivity contribution is 6.31. The number of carboxylic acid groups (broad SMARTS) is 1. The molecule has 0 atom stereocenters. The first kappa shape index (κ1) is 17.1. The standard InChI is InChI=1S/C14H16ClNO5/c15-11-7-10(5-3-1-2-4-6-14(18)19)12(9-17)13(8-11)16(20)21/h7-9H,1-6H2,(H,18,19). The second kappa shape index (κ2) is 8.36. The highest BCUT2D eigenvalue weighted by Crippen LogP contribution is 2.27. The van der Waals surface area contributed by atoms with Crippen LogP contribution in [0.3, 0.4) is 0 Å². The van der Waals surface area contributed by atoms with Gasteiger partial charge in [0.25, 0.3) is 5.69 Å². The molecular weight excluding hydrogens is 298 g/mol. The Morgan fingerprint density at radius 1 is 1.29 bits per heavy atom. The summed E-state index contributed by atoms with van der Waals surface area (Å²) >= 11 is 5.83. The van der Waals surface area contributed by atoms with Gasteiger partial charge in [-0.15, -0.1) is 0 Å². The number of unbranched alkanes of at least 4 members (excludes halogenated alkanes) is 3. The van der Waals surface area contributed by atoms with E-state index in [-0.39, 0.29) is 22.7 Å². The molecule has 0 aliphatic heterocycles. The van der Waals surface area contributed by atoms with Gasteiger partial charge in [0.15, 0.2) is 6.29 Å². The van der Waals surface area contributed by atoms with E-state index in [2.05, 4.69) is 0 Å². The lowest BCUT2D eigenvalue weighted by molar-refractivity contribution is -0.385. The quantitative estimate of drug-likeness (QED) is 0.325. The zero-order valence-electron chi connectivity index (χ0n) is 11.4. The van der Waals surface area contributed by atoms with E-state index in [1.165, 1.54) is 6.07 Å². The van der Waals surface area contributed by atoms with Crippen LogP contribution in [0.15, 0.2) is 12.1 Å². The maximum Gasteiger partial charge on any atom is 0.303 e. The molecule has 0 saturated heterocycles. The van der Waals surface area contributed by atoms with Gasteiger partial charge < -0.3 is 5.11 Å². The normalized spacial score (nSPS) is 10.3. The molecule has 0 aliphatic carbocycles. The molecule has 0 amide bonds. The van der Waals surface area contributed by atoms with Gasteiger partial charge in [-0.25, -0.2) is 0 Å². The SMILES string of the molecule is O=Cc1c(CCCCCCC(=O)O)cc(Cl)cc1[N+](=O)[O-]. The number of carboxylic acids is 1. The van der Waals surface area contributed by atoms with E-state index in [4.69, 9.17) is 16.7 Å². The van der Waals surface area contributed by atoms with E-state index in [9.17, 15) is 19.7 Å². The highest BCUT2D eigenvalue weighted by atomic mass is 35.5. The number of aryl methyl sites for hydroxylation is 1. The Kier molecular flexibility index (Phi) is 6.81. The molecule has 0 spiro atoms. The monoisotopic (exact) mass is 313 g/mol. The molecule has 6 nitrogen and oxygen atoms in total. The van der Waals surface area contributed by atoms with Gasteiger partial charge in [0.2, 0.25) is 0 Å². The Bertz CT molecular complexity index is 544. The number of aliphatic carboxylic acids is 1. The number of hydrogen-bond acceptors (Lipinski definition) is 4. The van der Waals surface area contributed by atoms with Gasteiger partial charge in [-0.05, 0) is 30.9 Å². The number of rotatable bonds is 9. The summed E-state index contributed by atoms with van der Waals surface area (Å²) < 4.78 is 0. The summed E-state index contributed by atoms with van der Waals surface area (Å²) in [5.41, 5.74) is 0.343. The van der Waals surface area contributed by atoms with Gasteiger partial charge in [0.1, 0.15) is 0 Å². The Hall–Kier alpha value is -1.95. The number of carbonyl (C=O) groups excluding carboxylic acids is 1. The van der Waals surface area contributed by atoms with E-state index in [1.807, 2.05) is 0 Å². The van der Waals surface area contributed by atoms with E-state index in [1.54, 1.807) is 6.07 Å². The Morgan fingerprint density at radius 3 is 2.52 bits per heavy atom. The zero-order chi connectivity index (χ0) is 15.8. The smallest absolute Gasteiger partial charge is 0.303 e. The lowest BCUT2D eigenvalue weighted by Crippen LogP contribution is -2.00. The molecule has 7 heteroatoms. The molecule has 0 unspecified atom stereocenters. The molecule has 0 saturated carbocycles. The Morgan fingerprint density at radius 2 is 1.95 bits per heavy atom. The van der Waals surface area contributed by atoms with Crippen LogP contribution < -0.4 is 0 Å². The molecule has 0 aliphatic rings. The second-order valence-corrected chi connectivity index (χ2v) is 5.12. The van der Waals surface area contributed by atoms with Crippen molar-refractivity contribution < 1.29 is 19.6 Å². The molecule has 0 radical (unpaired) electrons. The third kappa shape index (κ3) is 5.51. The average Bonchev–Trinajstić information content (AvgIpc) is 2.41. The molecule has 1 aromatic carbocycles. The minimum absolute atomic E-state index is 0.0648. The van der Waals surface area contributed by atoms with Crippen molar-refractivity contribution >= 4 is 29.5 Å². The van der Waals surface area contributed by atoms with Crippen molar-refractivity contribution in [2.24, 2.45) is 0 Å². The van der Waals surface area contributed by atoms with Gasteiger partial charge in [-0.3, -0.25) is 19.7 Å². The third-order valence-corrected chi connectivity index (χ3v) is 3.33. The summed E-state index contributed by atoms with van der Waals surface area (Å²) in [7, 11) is 0. The van der Waals surface area contributed by atoms with E-state index in [0.29, 0.717) is 24.7 Å². The van der Waals surface area contributed by atoms with Gasteiger partial charge in [-0.2, -0.15) is 0 Å².